The first-order chi connectivity index (χ1) is 10.8. The Morgan fingerprint density at radius 1 is 1.18 bits per heavy atom. The fourth-order valence-electron chi connectivity index (χ4n) is 3.18. The number of fused-ring (bicyclic) bond motifs is 2. The zero-order valence-electron chi connectivity index (χ0n) is 12.5. The molecule has 1 saturated heterocycles. The number of nitrogens with zero attached hydrogens (tertiary/aromatic N) is 2. The molecule has 3 aliphatic rings. The van der Waals surface area contributed by atoms with Crippen LogP contribution in [0, 0.1) is 0 Å². The summed E-state index contributed by atoms with van der Waals surface area (Å²) in [7, 11) is 1.68. The number of hydrogen-bond donors (Lipinski definition) is 1. The number of benzene rings is 1. The number of hydrogen-bond acceptors (Lipinski definition) is 5. The number of rotatable bonds is 2. The third kappa shape index (κ3) is 2.48. The normalized spacial score (nSPS) is 24.3. The SMILES string of the molecule is COc1ccc(N=C2NN3C(=CSC34CCCCC4)S2)cc1. The average Bonchev–Trinajstić information content (AvgIpc) is 3.10. The van der Waals surface area contributed by atoms with Gasteiger partial charge in [-0.05, 0) is 48.9 Å². The summed E-state index contributed by atoms with van der Waals surface area (Å²) < 4.78 is 5.19. The first-order valence-electron chi connectivity index (χ1n) is 7.65. The molecule has 1 aromatic rings. The number of methoxy groups -OCH3 is 1. The van der Waals surface area contributed by atoms with Crippen LogP contribution in [0.3, 0.4) is 0 Å². The Labute approximate surface area is 139 Å². The third-order valence-corrected chi connectivity index (χ3v) is 6.76. The molecule has 1 aromatic carbocycles. The van der Waals surface area contributed by atoms with Crippen LogP contribution in [-0.4, -0.2) is 22.2 Å². The summed E-state index contributed by atoms with van der Waals surface area (Å²) in [5.74, 6) is 0.858. The van der Waals surface area contributed by atoms with Gasteiger partial charge in [0, 0.05) is 5.41 Å². The van der Waals surface area contributed by atoms with Gasteiger partial charge in [0.15, 0.2) is 5.17 Å². The van der Waals surface area contributed by atoms with Crippen molar-refractivity contribution in [3.63, 3.8) is 0 Å². The van der Waals surface area contributed by atoms with Gasteiger partial charge in [-0.25, -0.2) is 4.99 Å². The van der Waals surface area contributed by atoms with E-state index in [-0.39, 0.29) is 4.87 Å². The van der Waals surface area contributed by atoms with E-state index in [1.165, 1.54) is 37.1 Å². The number of aliphatic imine (C=N–C) groups is 1. The fourth-order valence-corrected chi connectivity index (χ4v) is 5.57. The van der Waals surface area contributed by atoms with Crippen LogP contribution in [0.1, 0.15) is 32.1 Å². The second-order valence-electron chi connectivity index (χ2n) is 5.75. The van der Waals surface area contributed by atoms with Gasteiger partial charge in [0.2, 0.25) is 0 Å². The maximum absolute atomic E-state index is 5.19. The molecule has 0 aromatic heterocycles. The Morgan fingerprint density at radius 3 is 2.68 bits per heavy atom. The number of nitrogens with one attached hydrogen (secondary N) is 1. The molecule has 0 atom stereocenters. The lowest BCUT2D eigenvalue weighted by Crippen LogP contribution is -2.48. The highest BCUT2D eigenvalue weighted by Crippen LogP contribution is 2.53. The zero-order valence-corrected chi connectivity index (χ0v) is 14.2. The summed E-state index contributed by atoms with van der Waals surface area (Å²) >= 11 is 3.71. The van der Waals surface area contributed by atoms with Gasteiger partial charge in [-0.3, -0.25) is 10.4 Å². The van der Waals surface area contributed by atoms with Crippen LogP contribution in [0.2, 0.25) is 0 Å². The molecule has 0 bridgehead atoms. The molecule has 1 saturated carbocycles. The highest BCUT2D eigenvalue weighted by Gasteiger charge is 2.47. The van der Waals surface area contributed by atoms with Gasteiger partial charge in [0.05, 0.1) is 12.8 Å². The second-order valence-corrected chi connectivity index (χ2v) is 7.99. The molecule has 1 N–H and O–H groups in total. The highest BCUT2D eigenvalue weighted by molar-refractivity contribution is 8.18. The molecule has 1 aliphatic carbocycles. The Kier molecular flexibility index (Phi) is 3.74. The molecule has 22 heavy (non-hydrogen) atoms. The maximum atomic E-state index is 5.19. The molecule has 2 fully saturated rings. The molecule has 116 valence electrons. The number of ether oxygens (including phenoxy) is 1. The van der Waals surface area contributed by atoms with Crippen molar-refractivity contribution in [2.75, 3.05) is 7.11 Å². The minimum Gasteiger partial charge on any atom is -0.497 e. The molecule has 0 unspecified atom stereocenters. The first-order valence-corrected chi connectivity index (χ1v) is 9.34. The predicted molar refractivity (Wildman–Crippen MR) is 94.1 cm³/mol. The van der Waals surface area contributed by atoms with Crippen molar-refractivity contribution in [3.05, 3.63) is 34.7 Å². The van der Waals surface area contributed by atoms with Crippen molar-refractivity contribution in [3.8, 4) is 5.75 Å². The Hall–Kier alpha value is -1.27. The summed E-state index contributed by atoms with van der Waals surface area (Å²) in [6.45, 7) is 0. The van der Waals surface area contributed by atoms with Crippen molar-refractivity contribution in [1.82, 2.24) is 10.4 Å². The lowest BCUT2D eigenvalue weighted by Gasteiger charge is -2.40. The minimum atomic E-state index is 0.220. The molecular weight excluding hydrogens is 314 g/mol. The maximum Gasteiger partial charge on any atom is 0.187 e. The van der Waals surface area contributed by atoms with E-state index in [1.807, 2.05) is 36.0 Å². The largest absolute Gasteiger partial charge is 0.497 e. The summed E-state index contributed by atoms with van der Waals surface area (Å²) in [5.41, 5.74) is 4.46. The molecule has 6 heteroatoms. The topological polar surface area (TPSA) is 36.9 Å². The van der Waals surface area contributed by atoms with Crippen LogP contribution in [0.15, 0.2) is 39.7 Å². The second kappa shape index (κ2) is 5.74. The summed E-state index contributed by atoms with van der Waals surface area (Å²) in [6.07, 6.45) is 6.51. The van der Waals surface area contributed by atoms with Gasteiger partial charge in [-0.15, -0.1) is 11.8 Å². The van der Waals surface area contributed by atoms with E-state index in [1.54, 1.807) is 18.9 Å². The molecule has 2 heterocycles. The number of thioether (sulfide) groups is 2. The smallest absolute Gasteiger partial charge is 0.187 e. The quantitative estimate of drug-likeness (QED) is 0.866. The standard InChI is InChI=1S/C16H19N3OS2/c1-20-13-7-5-12(6-8-13)17-15-18-19-14(22-15)11-21-16(19)9-3-2-4-10-16/h5-8,11H,2-4,9-10H2,1H3,(H,17,18). The Bertz CT molecular complexity index is 621. The molecule has 4 rings (SSSR count). The van der Waals surface area contributed by atoms with Crippen LogP contribution in [0.25, 0.3) is 0 Å². The average molecular weight is 333 g/mol. The fraction of sp³-hybridized carbons (Fsp3) is 0.438. The minimum absolute atomic E-state index is 0.220. The lowest BCUT2D eigenvalue weighted by molar-refractivity contribution is 0.164. The van der Waals surface area contributed by atoms with Gasteiger partial charge in [-0.2, -0.15) is 0 Å². The van der Waals surface area contributed by atoms with Crippen LogP contribution >= 0.6 is 23.5 Å². The van der Waals surface area contributed by atoms with Gasteiger partial charge in [-0.1, -0.05) is 19.3 Å². The van der Waals surface area contributed by atoms with E-state index in [2.05, 4.69) is 15.8 Å². The molecule has 0 radical (unpaired) electrons. The van der Waals surface area contributed by atoms with Gasteiger partial charge in [0.25, 0.3) is 0 Å². The van der Waals surface area contributed by atoms with Crippen LogP contribution in [0.4, 0.5) is 5.69 Å². The number of amidine groups is 1. The van der Waals surface area contributed by atoms with E-state index < -0.39 is 0 Å². The third-order valence-electron chi connectivity index (χ3n) is 4.35. The van der Waals surface area contributed by atoms with Crippen LogP contribution in [0.5, 0.6) is 5.75 Å². The monoisotopic (exact) mass is 333 g/mol. The van der Waals surface area contributed by atoms with Crippen molar-refractivity contribution in [2.45, 2.75) is 37.0 Å². The van der Waals surface area contributed by atoms with E-state index in [0.717, 1.165) is 16.6 Å². The summed E-state index contributed by atoms with van der Waals surface area (Å²) in [4.78, 5) is 4.94. The lowest BCUT2D eigenvalue weighted by atomic mass is 9.94. The zero-order chi connectivity index (χ0) is 15.0. The van der Waals surface area contributed by atoms with Crippen LogP contribution < -0.4 is 10.2 Å². The Morgan fingerprint density at radius 2 is 1.95 bits per heavy atom. The highest BCUT2D eigenvalue weighted by atomic mass is 32.2. The van der Waals surface area contributed by atoms with E-state index in [9.17, 15) is 0 Å². The van der Waals surface area contributed by atoms with E-state index in [0.29, 0.717) is 0 Å². The molecule has 1 spiro atoms. The summed E-state index contributed by atoms with van der Waals surface area (Å²) in [5, 5.41) is 6.89. The first kappa shape index (κ1) is 14.3. The number of hydrazine groups is 1. The van der Waals surface area contributed by atoms with Gasteiger partial charge < -0.3 is 4.74 Å². The van der Waals surface area contributed by atoms with Gasteiger partial charge in [0.1, 0.15) is 15.6 Å². The van der Waals surface area contributed by atoms with Gasteiger partial charge >= 0.3 is 0 Å². The molecule has 2 aliphatic heterocycles. The van der Waals surface area contributed by atoms with E-state index >= 15 is 0 Å². The Balaban J connectivity index is 1.53. The van der Waals surface area contributed by atoms with Crippen molar-refractivity contribution in [1.29, 1.82) is 0 Å². The van der Waals surface area contributed by atoms with Crippen molar-refractivity contribution < 1.29 is 4.74 Å². The summed E-state index contributed by atoms with van der Waals surface area (Å²) in [6, 6.07) is 7.85. The molecule has 0 amide bonds. The predicted octanol–water partition coefficient (Wildman–Crippen LogP) is 4.44. The van der Waals surface area contributed by atoms with Crippen LogP contribution in [-0.2, 0) is 0 Å². The molecular formula is C16H19N3OS2. The van der Waals surface area contributed by atoms with E-state index in [4.69, 9.17) is 9.73 Å². The van der Waals surface area contributed by atoms with Crippen molar-refractivity contribution in [2.24, 2.45) is 4.99 Å². The molecule has 4 nitrogen and oxygen atoms in total. The van der Waals surface area contributed by atoms with Crippen molar-refractivity contribution >= 4 is 34.4 Å².